The smallest absolute Gasteiger partial charge is 0.260 e. The fourth-order valence-electron chi connectivity index (χ4n) is 10.0. The maximum Gasteiger partial charge on any atom is 0.260 e. The van der Waals surface area contributed by atoms with Gasteiger partial charge in [-0.2, -0.15) is 5.01 Å². The van der Waals surface area contributed by atoms with E-state index >= 15 is 9.59 Å². The van der Waals surface area contributed by atoms with Crippen molar-refractivity contribution in [2.75, 3.05) is 61.9 Å². The van der Waals surface area contributed by atoms with Gasteiger partial charge in [-0.15, -0.1) is 0 Å². The highest BCUT2D eigenvalue weighted by atomic mass is 35.5. The number of carbonyl (C=O) groups excluding carboxylic acids is 4. The van der Waals surface area contributed by atoms with Gasteiger partial charge >= 0.3 is 0 Å². The lowest BCUT2D eigenvalue weighted by Gasteiger charge is -2.50. The monoisotopic (exact) mass is 836 g/mol. The minimum Gasteiger partial charge on any atom is -0.497 e. The number of hydrogen-bond acceptors (Lipinski definition) is 10. The van der Waals surface area contributed by atoms with E-state index < -0.39 is 46.8 Å². The molecule has 5 aliphatic rings. The van der Waals surface area contributed by atoms with Crippen molar-refractivity contribution in [2.45, 2.75) is 24.2 Å². The molecule has 59 heavy (non-hydrogen) atoms. The number of hydrazine groups is 1. The summed E-state index contributed by atoms with van der Waals surface area (Å²) in [5.74, 6) is -4.17. The maximum atomic E-state index is 15.5. The van der Waals surface area contributed by atoms with Crippen LogP contribution < -0.4 is 24.7 Å². The Balaban J connectivity index is 1.16. The molecule has 14 heteroatoms. The lowest BCUT2D eigenvalue weighted by molar-refractivity contribution is -0.138. The van der Waals surface area contributed by atoms with E-state index in [1.807, 2.05) is 54.6 Å². The van der Waals surface area contributed by atoms with Crippen molar-refractivity contribution >= 4 is 63.9 Å². The molecule has 0 unspecified atom stereocenters. The van der Waals surface area contributed by atoms with Gasteiger partial charge in [0.2, 0.25) is 11.8 Å². The summed E-state index contributed by atoms with van der Waals surface area (Å²) < 4.78 is 16.7. The Kier molecular flexibility index (Phi) is 10.4. The molecule has 3 heterocycles. The fourth-order valence-corrected chi connectivity index (χ4v) is 10.5. The van der Waals surface area contributed by atoms with Crippen LogP contribution in [0.4, 0.5) is 17.1 Å². The van der Waals surface area contributed by atoms with Crippen LogP contribution in [0.2, 0.25) is 10.0 Å². The first-order valence-electron chi connectivity index (χ1n) is 19.7. The van der Waals surface area contributed by atoms with E-state index in [1.54, 1.807) is 43.5 Å². The van der Waals surface area contributed by atoms with Crippen molar-refractivity contribution in [2.24, 2.45) is 23.7 Å². The third kappa shape index (κ3) is 6.44. The molecular weight excluding hydrogens is 795 g/mol. The molecular formula is C45H42Cl2N4O8. The molecule has 3 aliphatic heterocycles. The summed E-state index contributed by atoms with van der Waals surface area (Å²) in [6.07, 6.45) is 2.44. The predicted molar refractivity (Wildman–Crippen MR) is 222 cm³/mol. The molecule has 2 aliphatic carbocycles. The van der Waals surface area contributed by atoms with Crippen LogP contribution in [-0.4, -0.2) is 80.4 Å². The quantitative estimate of drug-likeness (QED) is 0.136. The highest BCUT2D eigenvalue weighted by Crippen LogP contribution is 2.64. The summed E-state index contributed by atoms with van der Waals surface area (Å²) in [4.78, 5) is 63.2. The Morgan fingerprint density at radius 3 is 2.20 bits per heavy atom. The molecule has 304 valence electrons. The second kappa shape index (κ2) is 15.6. The molecule has 2 N–H and O–H groups in total. The summed E-state index contributed by atoms with van der Waals surface area (Å²) in [6, 6.07) is 26.7. The number of carbonyl (C=O) groups is 4. The number of anilines is 3. The highest BCUT2D eigenvalue weighted by molar-refractivity contribution is 6.36. The Labute approximate surface area is 351 Å². The maximum absolute atomic E-state index is 15.5. The highest BCUT2D eigenvalue weighted by Gasteiger charge is 2.70. The van der Waals surface area contributed by atoms with Crippen LogP contribution in [0.3, 0.4) is 0 Å². The zero-order valence-corrected chi connectivity index (χ0v) is 33.7. The number of morpholine rings is 1. The predicted octanol–water partition coefficient (Wildman–Crippen LogP) is 6.40. The Morgan fingerprint density at radius 2 is 1.53 bits per heavy atom. The molecule has 3 saturated heterocycles. The van der Waals surface area contributed by atoms with Gasteiger partial charge in [0.1, 0.15) is 18.1 Å². The van der Waals surface area contributed by atoms with Crippen molar-refractivity contribution in [3.05, 3.63) is 124 Å². The SMILES string of the molecule is COc1ccc([C@@]23C(=O)N(Nc4ccc(Cl)cc4Cl)C(=O)[C@@H]2C[C@@H]2C(=CC[C@@H]4C(=O)N(c5ccc(N6CCOCC6)cc5)C(=O)[C@@H]42)[C@@H]3c2ccc(OCCO)cc2)cc1. The Hall–Kier alpha value is -5.40. The minimum atomic E-state index is -1.50. The van der Waals surface area contributed by atoms with Gasteiger partial charge in [-0.1, -0.05) is 59.1 Å². The van der Waals surface area contributed by atoms with Crippen LogP contribution in [0.5, 0.6) is 11.5 Å². The average molecular weight is 838 g/mol. The summed E-state index contributed by atoms with van der Waals surface area (Å²) in [6.45, 7) is 2.70. The molecule has 9 rings (SSSR count). The van der Waals surface area contributed by atoms with Gasteiger partial charge in [0, 0.05) is 29.7 Å². The normalized spacial score (nSPS) is 26.3. The number of halogens is 2. The number of imide groups is 2. The standard InChI is InChI=1S/C45H42Cl2N4O8/c1-57-31-13-4-27(5-14-31)45-36(42(54)51(44(45)56)48-38-17-6-28(46)24-37(38)47)25-35-33(40(45)26-2-11-32(12-3-26)59-23-20-52)15-16-34-39(35)43(55)50(41(34)53)30-9-7-29(8-10-30)49-18-21-58-22-19-49/h2-15,17,24,34-36,39-40,48,52H,16,18-23,25H2,1H3/t34-,35+,36-,39-,40-,45+/m0/s1. The molecule has 1 saturated carbocycles. The second-order valence-corrected chi connectivity index (χ2v) is 16.3. The molecule has 4 fully saturated rings. The Bertz CT molecular complexity index is 2330. The molecule has 0 spiro atoms. The van der Waals surface area contributed by atoms with E-state index in [0.717, 1.165) is 34.9 Å². The van der Waals surface area contributed by atoms with Gasteiger partial charge in [-0.3, -0.25) is 29.5 Å². The first-order chi connectivity index (χ1) is 28.6. The van der Waals surface area contributed by atoms with Crippen molar-refractivity contribution < 1.29 is 38.5 Å². The van der Waals surface area contributed by atoms with Gasteiger partial charge in [0.05, 0.1) is 66.5 Å². The van der Waals surface area contributed by atoms with E-state index in [1.165, 1.54) is 11.0 Å². The van der Waals surface area contributed by atoms with Gasteiger partial charge < -0.3 is 24.2 Å². The molecule has 4 aromatic rings. The van der Waals surface area contributed by atoms with Crippen molar-refractivity contribution in [3.8, 4) is 11.5 Å². The lowest BCUT2D eigenvalue weighted by Crippen LogP contribution is -2.53. The van der Waals surface area contributed by atoms with E-state index in [2.05, 4.69) is 10.3 Å². The van der Waals surface area contributed by atoms with E-state index in [0.29, 0.717) is 46.7 Å². The summed E-state index contributed by atoms with van der Waals surface area (Å²) in [5, 5.41) is 11.1. The van der Waals surface area contributed by atoms with Crippen molar-refractivity contribution in [1.29, 1.82) is 0 Å². The number of rotatable bonds is 10. The van der Waals surface area contributed by atoms with Gasteiger partial charge in [0.25, 0.3) is 11.8 Å². The van der Waals surface area contributed by atoms with E-state index in [4.69, 9.17) is 37.4 Å². The summed E-state index contributed by atoms with van der Waals surface area (Å²) in [7, 11) is 1.56. The molecule has 4 amide bonds. The number of aliphatic hydroxyl groups excluding tert-OH is 1. The third-order valence-electron chi connectivity index (χ3n) is 12.6. The van der Waals surface area contributed by atoms with Crippen LogP contribution in [0.15, 0.2) is 103 Å². The third-order valence-corrected chi connectivity index (χ3v) is 13.2. The molecule has 0 bridgehead atoms. The van der Waals surface area contributed by atoms with Crippen molar-refractivity contribution in [1.82, 2.24) is 5.01 Å². The number of benzene rings is 4. The summed E-state index contributed by atoms with van der Waals surface area (Å²) in [5.41, 5.74) is 5.45. The van der Waals surface area contributed by atoms with Crippen molar-refractivity contribution in [3.63, 3.8) is 0 Å². The topological polar surface area (TPSA) is 138 Å². The Morgan fingerprint density at radius 1 is 0.831 bits per heavy atom. The molecule has 0 aromatic heterocycles. The number of methoxy groups -OCH3 is 1. The van der Waals surface area contributed by atoms with E-state index in [-0.39, 0.29) is 42.9 Å². The average Bonchev–Trinajstić information content (AvgIpc) is 3.64. The van der Waals surface area contributed by atoms with Gasteiger partial charge in [0.15, 0.2) is 0 Å². The van der Waals surface area contributed by atoms with Gasteiger partial charge in [-0.05, 0) is 96.6 Å². The molecule has 12 nitrogen and oxygen atoms in total. The largest absolute Gasteiger partial charge is 0.497 e. The van der Waals surface area contributed by atoms with Gasteiger partial charge in [-0.25, -0.2) is 0 Å². The second-order valence-electron chi connectivity index (χ2n) is 15.5. The number of aliphatic hydroxyl groups is 1. The number of nitrogens with one attached hydrogen (secondary N) is 1. The molecule has 4 aromatic carbocycles. The first kappa shape index (κ1) is 39.1. The number of fused-ring (bicyclic) bond motifs is 4. The van der Waals surface area contributed by atoms with E-state index in [9.17, 15) is 14.7 Å². The number of hydrogen-bond donors (Lipinski definition) is 2. The minimum absolute atomic E-state index is 0.0976. The van der Waals surface area contributed by atoms with Crippen LogP contribution in [-0.2, 0) is 29.3 Å². The number of allylic oxidation sites excluding steroid dienone is 2. The lowest BCUT2D eigenvalue weighted by atomic mass is 9.49. The number of nitrogens with zero attached hydrogens (tertiary/aromatic N) is 3. The number of ether oxygens (including phenoxy) is 3. The molecule has 6 atom stereocenters. The fraction of sp³-hybridized carbons (Fsp3) is 0.333. The summed E-state index contributed by atoms with van der Waals surface area (Å²) >= 11 is 12.8. The zero-order chi connectivity index (χ0) is 41.0. The van der Waals surface area contributed by atoms with Crippen LogP contribution in [0.1, 0.15) is 29.9 Å². The zero-order valence-electron chi connectivity index (χ0n) is 32.2. The van der Waals surface area contributed by atoms with Crippen LogP contribution >= 0.6 is 23.2 Å². The van der Waals surface area contributed by atoms with Crippen LogP contribution in [0.25, 0.3) is 0 Å². The van der Waals surface area contributed by atoms with Crippen LogP contribution in [0, 0.1) is 23.7 Å². The molecule has 0 radical (unpaired) electrons. The number of amides is 4. The first-order valence-corrected chi connectivity index (χ1v) is 20.5.